The van der Waals surface area contributed by atoms with Crippen LogP contribution in [0.25, 0.3) is 0 Å². The van der Waals surface area contributed by atoms with Crippen molar-refractivity contribution in [3.63, 3.8) is 0 Å². The molecule has 0 aromatic rings. The summed E-state index contributed by atoms with van der Waals surface area (Å²) in [6.45, 7) is 5.17. The molecule has 9 heavy (non-hydrogen) atoms. The van der Waals surface area contributed by atoms with Gasteiger partial charge in [0.1, 0.15) is 0 Å². The fraction of sp³-hybridized carbons (Fsp3) is 0.833. The summed E-state index contributed by atoms with van der Waals surface area (Å²) in [5.41, 5.74) is 5.05. The van der Waals surface area contributed by atoms with Gasteiger partial charge in [0, 0.05) is 6.92 Å². The molecule has 54 valence electrons. The molecular formula is C6H14N2O. The summed E-state index contributed by atoms with van der Waals surface area (Å²) < 4.78 is 0. The van der Waals surface area contributed by atoms with Crippen molar-refractivity contribution < 1.29 is 4.79 Å². The van der Waals surface area contributed by atoms with Gasteiger partial charge in [-0.1, -0.05) is 6.92 Å². The molecule has 0 aliphatic rings. The van der Waals surface area contributed by atoms with E-state index in [0.29, 0.717) is 0 Å². The zero-order chi connectivity index (χ0) is 7.49. The Kier molecular flexibility index (Phi) is 2.65. The van der Waals surface area contributed by atoms with Crippen molar-refractivity contribution in [3.8, 4) is 0 Å². The van der Waals surface area contributed by atoms with Crippen molar-refractivity contribution in [2.45, 2.75) is 32.9 Å². The Bertz CT molecular complexity index is 110. The molecular weight excluding hydrogens is 116 g/mol. The molecule has 0 spiro atoms. The number of hydrogen-bond donors (Lipinski definition) is 2. The second-order valence-corrected chi connectivity index (χ2v) is 2.45. The van der Waals surface area contributed by atoms with Crippen molar-refractivity contribution in [2.24, 2.45) is 5.73 Å². The number of nitrogens with two attached hydrogens (primary N) is 1. The largest absolute Gasteiger partial charge is 0.339 e. The van der Waals surface area contributed by atoms with Crippen LogP contribution in [-0.2, 0) is 4.79 Å². The van der Waals surface area contributed by atoms with E-state index in [1.165, 1.54) is 6.92 Å². The smallest absolute Gasteiger partial charge is 0.218 e. The molecule has 0 bridgehead atoms. The van der Waals surface area contributed by atoms with E-state index in [1.807, 2.05) is 6.92 Å². The summed E-state index contributed by atoms with van der Waals surface area (Å²) in [5.74, 6) is -0.0816. The van der Waals surface area contributed by atoms with Gasteiger partial charge in [0.25, 0.3) is 0 Å². The molecule has 0 aromatic heterocycles. The lowest BCUT2D eigenvalue weighted by Crippen LogP contribution is -2.52. The predicted molar refractivity (Wildman–Crippen MR) is 36.7 cm³/mol. The molecule has 3 heteroatoms. The Morgan fingerprint density at radius 3 is 2.33 bits per heavy atom. The Morgan fingerprint density at radius 1 is 1.78 bits per heavy atom. The van der Waals surface area contributed by atoms with Gasteiger partial charge in [-0.3, -0.25) is 4.79 Å². The van der Waals surface area contributed by atoms with Crippen LogP contribution in [0, 0.1) is 0 Å². The van der Waals surface area contributed by atoms with Crippen LogP contribution in [0.1, 0.15) is 27.2 Å². The van der Waals surface area contributed by atoms with Crippen LogP contribution in [0.4, 0.5) is 0 Å². The molecule has 0 heterocycles. The lowest BCUT2D eigenvalue weighted by Gasteiger charge is -2.22. The van der Waals surface area contributed by atoms with E-state index in [0.717, 1.165) is 6.42 Å². The molecule has 3 N–H and O–H groups in total. The van der Waals surface area contributed by atoms with Gasteiger partial charge in [0.15, 0.2) is 0 Å². The van der Waals surface area contributed by atoms with Crippen molar-refractivity contribution in [1.82, 2.24) is 5.32 Å². The van der Waals surface area contributed by atoms with Gasteiger partial charge in [-0.25, -0.2) is 0 Å². The summed E-state index contributed by atoms with van der Waals surface area (Å²) >= 11 is 0. The highest BCUT2D eigenvalue weighted by Crippen LogP contribution is 1.97. The maximum absolute atomic E-state index is 10.4. The number of hydrogen-bond acceptors (Lipinski definition) is 2. The first-order valence-corrected chi connectivity index (χ1v) is 3.05. The monoisotopic (exact) mass is 130 g/mol. The highest BCUT2D eigenvalue weighted by molar-refractivity contribution is 5.73. The Morgan fingerprint density at radius 2 is 2.22 bits per heavy atom. The highest BCUT2D eigenvalue weighted by atomic mass is 16.1. The fourth-order valence-electron chi connectivity index (χ4n) is 0.491. The second-order valence-electron chi connectivity index (χ2n) is 2.45. The minimum absolute atomic E-state index is 0.0816. The number of rotatable bonds is 2. The minimum Gasteiger partial charge on any atom is -0.339 e. The molecule has 0 aliphatic heterocycles. The van der Waals surface area contributed by atoms with Crippen LogP contribution in [0.3, 0.4) is 0 Å². The first kappa shape index (κ1) is 8.43. The van der Waals surface area contributed by atoms with Crippen LogP contribution >= 0.6 is 0 Å². The third kappa shape index (κ3) is 3.97. The fourth-order valence-corrected chi connectivity index (χ4v) is 0.491. The predicted octanol–water partition coefficient (Wildman–Crippen LogP) is 0.207. The second kappa shape index (κ2) is 2.82. The molecule has 0 aliphatic carbocycles. The summed E-state index contributed by atoms with van der Waals surface area (Å²) in [7, 11) is 0. The van der Waals surface area contributed by atoms with Gasteiger partial charge in [0.05, 0.1) is 5.66 Å². The normalized spacial score (nSPS) is 16.4. The first-order chi connectivity index (χ1) is 3.98. The molecule has 1 unspecified atom stereocenters. The lowest BCUT2D eigenvalue weighted by atomic mass is 10.1. The number of carbonyl (C=O) groups is 1. The van der Waals surface area contributed by atoms with E-state index in [2.05, 4.69) is 5.32 Å². The van der Waals surface area contributed by atoms with Gasteiger partial charge >= 0.3 is 0 Å². The van der Waals surface area contributed by atoms with Crippen molar-refractivity contribution in [1.29, 1.82) is 0 Å². The van der Waals surface area contributed by atoms with Crippen molar-refractivity contribution in [2.75, 3.05) is 0 Å². The summed E-state index contributed by atoms with van der Waals surface area (Å²) in [5, 5.41) is 2.61. The summed E-state index contributed by atoms with van der Waals surface area (Å²) in [4.78, 5) is 10.4. The van der Waals surface area contributed by atoms with Crippen LogP contribution in [0.2, 0.25) is 0 Å². The van der Waals surface area contributed by atoms with E-state index < -0.39 is 5.66 Å². The van der Waals surface area contributed by atoms with Gasteiger partial charge in [-0.05, 0) is 13.3 Å². The van der Waals surface area contributed by atoms with Gasteiger partial charge < -0.3 is 11.1 Å². The van der Waals surface area contributed by atoms with E-state index in [9.17, 15) is 4.79 Å². The molecule has 0 rings (SSSR count). The Hall–Kier alpha value is -0.570. The number of amides is 1. The SMILES string of the molecule is CCC(C)(N)NC(C)=O. The summed E-state index contributed by atoms with van der Waals surface area (Å²) in [6.07, 6.45) is 0.743. The molecule has 0 aromatic carbocycles. The molecule has 0 radical (unpaired) electrons. The van der Waals surface area contributed by atoms with Gasteiger partial charge in [0.2, 0.25) is 5.91 Å². The first-order valence-electron chi connectivity index (χ1n) is 3.05. The van der Waals surface area contributed by atoms with Crippen LogP contribution in [-0.4, -0.2) is 11.6 Å². The van der Waals surface area contributed by atoms with Crippen molar-refractivity contribution >= 4 is 5.91 Å². The van der Waals surface area contributed by atoms with E-state index >= 15 is 0 Å². The van der Waals surface area contributed by atoms with Crippen LogP contribution < -0.4 is 11.1 Å². The standard InChI is InChI=1S/C6H14N2O/c1-4-6(3,7)8-5(2)9/h4,7H2,1-3H3,(H,8,9). The molecule has 0 saturated heterocycles. The maximum atomic E-state index is 10.4. The van der Waals surface area contributed by atoms with E-state index in [-0.39, 0.29) is 5.91 Å². The topological polar surface area (TPSA) is 55.1 Å². The molecule has 0 fully saturated rings. The van der Waals surface area contributed by atoms with Crippen LogP contribution in [0.15, 0.2) is 0 Å². The summed E-state index contributed by atoms with van der Waals surface area (Å²) in [6, 6.07) is 0. The minimum atomic E-state index is -0.536. The number of carbonyl (C=O) groups excluding carboxylic acids is 1. The zero-order valence-corrected chi connectivity index (χ0v) is 6.19. The molecule has 1 amide bonds. The van der Waals surface area contributed by atoms with Gasteiger partial charge in [-0.2, -0.15) is 0 Å². The molecule has 0 saturated carbocycles. The lowest BCUT2D eigenvalue weighted by molar-refractivity contribution is -0.120. The molecule has 3 nitrogen and oxygen atoms in total. The zero-order valence-electron chi connectivity index (χ0n) is 6.19. The maximum Gasteiger partial charge on any atom is 0.218 e. The van der Waals surface area contributed by atoms with Crippen molar-refractivity contribution in [3.05, 3.63) is 0 Å². The van der Waals surface area contributed by atoms with Gasteiger partial charge in [-0.15, -0.1) is 0 Å². The Balaban J connectivity index is 3.71. The average molecular weight is 130 g/mol. The average Bonchev–Trinajstić information content (AvgIpc) is 1.63. The third-order valence-electron chi connectivity index (χ3n) is 1.20. The van der Waals surface area contributed by atoms with E-state index in [1.54, 1.807) is 6.92 Å². The Labute approximate surface area is 55.6 Å². The number of nitrogens with one attached hydrogen (secondary N) is 1. The van der Waals surface area contributed by atoms with E-state index in [4.69, 9.17) is 5.73 Å². The van der Waals surface area contributed by atoms with Crippen LogP contribution in [0.5, 0.6) is 0 Å². The highest BCUT2D eigenvalue weighted by Gasteiger charge is 2.14. The third-order valence-corrected chi connectivity index (χ3v) is 1.20. The molecule has 1 atom stereocenters. The quantitative estimate of drug-likeness (QED) is 0.525.